The predicted octanol–water partition coefficient (Wildman–Crippen LogP) is 2.47. The second kappa shape index (κ2) is 5.87. The van der Waals surface area contributed by atoms with Gasteiger partial charge in [0.05, 0.1) is 12.5 Å². The predicted molar refractivity (Wildman–Crippen MR) is 56.1 cm³/mol. The average Bonchev–Trinajstić information content (AvgIpc) is 2.25. The highest BCUT2D eigenvalue weighted by atomic mass is 19.4. The fourth-order valence-corrected chi connectivity index (χ4v) is 2.27. The second-order valence-corrected chi connectivity index (χ2v) is 4.56. The summed E-state index contributed by atoms with van der Waals surface area (Å²) in [5.41, 5.74) is 0. The molecule has 2 N–H and O–H groups in total. The van der Waals surface area contributed by atoms with Crippen LogP contribution in [0.5, 0.6) is 0 Å². The fourth-order valence-electron chi connectivity index (χ4n) is 2.27. The van der Waals surface area contributed by atoms with Crippen LogP contribution in [0.2, 0.25) is 0 Å². The molecule has 0 bridgehead atoms. The number of aliphatic hydroxyl groups is 1. The van der Waals surface area contributed by atoms with E-state index in [1.807, 2.05) is 6.92 Å². The van der Waals surface area contributed by atoms with Gasteiger partial charge in [0.25, 0.3) is 0 Å². The molecule has 96 valence electrons. The highest BCUT2D eigenvalue weighted by Crippen LogP contribution is 2.37. The molecular weight excluding hydrogens is 219 g/mol. The van der Waals surface area contributed by atoms with Crippen LogP contribution in [0.1, 0.15) is 39.0 Å². The average molecular weight is 239 g/mol. The van der Waals surface area contributed by atoms with Gasteiger partial charge in [-0.25, -0.2) is 0 Å². The Morgan fingerprint density at radius 1 is 1.38 bits per heavy atom. The zero-order valence-corrected chi connectivity index (χ0v) is 9.56. The molecular formula is C11H20F3NO. The van der Waals surface area contributed by atoms with Gasteiger partial charge in [-0.15, -0.1) is 0 Å². The number of halogens is 3. The summed E-state index contributed by atoms with van der Waals surface area (Å²) in [5, 5.41) is 12.1. The molecule has 0 spiro atoms. The van der Waals surface area contributed by atoms with Gasteiger partial charge >= 0.3 is 6.18 Å². The zero-order valence-electron chi connectivity index (χ0n) is 9.56. The number of alkyl halides is 3. The maximum atomic E-state index is 12.5. The summed E-state index contributed by atoms with van der Waals surface area (Å²) in [6, 6.07) is -0.172. The Morgan fingerprint density at radius 3 is 2.56 bits per heavy atom. The van der Waals surface area contributed by atoms with Crippen molar-refractivity contribution in [1.29, 1.82) is 0 Å². The Labute approximate surface area is 94.2 Å². The van der Waals surface area contributed by atoms with Gasteiger partial charge in [0.2, 0.25) is 0 Å². The van der Waals surface area contributed by atoms with Crippen LogP contribution < -0.4 is 5.32 Å². The van der Waals surface area contributed by atoms with Crippen molar-refractivity contribution in [2.45, 2.75) is 57.3 Å². The second-order valence-electron chi connectivity index (χ2n) is 4.56. The Hall–Kier alpha value is -0.290. The molecule has 2 unspecified atom stereocenters. The number of hydrogen-bond acceptors (Lipinski definition) is 2. The minimum atomic E-state index is -4.07. The van der Waals surface area contributed by atoms with E-state index in [9.17, 15) is 13.2 Å². The molecule has 0 amide bonds. The lowest BCUT2D eigenvalue weighted by Crippen LogP contribution is -2.44. The third-order valence-corrected chi connectivity index (χ3v) is 3.32. The Kier molecular flexibility index (Phi) is 5.05. The summed E-state index contributed by atoms with van der Waals surface area (Å²) in [7, 11) is 0. The molecule has 0 aliphatic heterocycles. The molecule has 1 rings (SSSR count). The van der Waals surface area contributed by atoms with Gasteiger partial charge < -0.3 is 10.4 Å². The molecule has 1 fully saturated rings. The van der Waals surface area contributed by atoms with Crippen molar-refractivity contribution in [3.8, 4) is 0 Å². The third-order valence-electron chi connectivity index (χ3n) is 3.32. The monoisotopic (exact) mass is 239 g/mol. The maximum Gasteiger partial charge on any atom is 0.391 e. The van der Waals surface area contributed by atoms with E-state index in [-0.39, 0.29) is 31.5 Å². The zero-order chi connectivity index (χ0) is 12.2. The first-order valence-corrected chi connectivity index (χ1v) is 5.91. The van der Waals surface area contributed by atoms with E-state index in [0.717, 1.165) is 12.8 Å². The lowest BCUT2D eigenvalue weighted by molar-refractivity contribution is -0.183. The standard InChI is InChI=1S/C11H20F3NO/c1-2-9(7-16)15-10-5-3-4-8(6-10)11(12,13)14/h8-10,15-16H,2-7H2,1H3/t8?,9-,10?/m0/s1. The van der Waals surface area contributed by atoms with Crippen molar-refractivity contribution in [3.05, 3.63) is 0 Å². The topological polar surface area (TPSA) is 32.3 Å². The van der Waals surface area contributed by atoms with E-state index in [2.05, 4.69) is 5.32 Å². The van der Waals surface area contributed by atoms with Crippen molar-refractivity contribution >= 4 is 0 Å². The van der Waals surface area contributed by atoms with E-state index >= 15 is 0 Å². The lowest BCUT2D eigenvalue weighted by Gasteiger charge is -2.33. The highest BCUT2D eigenvalue weighted by Gasteiger charge is 2.42. The summed E-state index contributed by atoms with van der Waals surface area (Å²) in [5.74, 6) is -1.17. The van der Waals surface area contributed by atoms with E-state index in [4.69, 9.17) is 5.11 Å². The normalized spacial score (nSPS) is 29.1. The van der Waals surface area contributed by atoms with Crippen molar-refractivity contribution in [2.75, 3.05) is 6.61 Å². The van der Waals surface area contributed by atoms with E-state index in [0.29, 0.717) is 6.42 Å². The van der Waals surface area contributed by atoms with Crippen LogP contribution in [0.4, 0.5) is 13.2 Å². The van der Waals surface area contributed by atoms with Gasteiger partial charge in [0.1, 0.15) is 0 Å². The number of hydrogen-bond donors (Lipinski definition) is 2. The van der Waals surface area contributed by atoms with Crippen LogP contribution >= 0.6 is 0 Å². The van der Waals surface area contributed by atoms with Gasteiger partial charge in [-0.05, 0) is 25.7 Å². The Morgan fingerprint density at radius 2 is 2.06 bits per heavy atom. The number of aliphatic hydroxyl groups excluding tert-OH is 1. The molecule has 1 aliphatic rings. The summed E-state index contributed by atoms with van der Waals surface area (Å²) < 4.78 is 37.6. The van der Waals surface area contributed by atoms with Gasteiger partial charge in [-0.1, -0.05) is 13.3 Å². The number of rotatable bonds is 4. The van der Waals surface area contributed by atoms with Crippen LogP contribution in [0, 0.1) is 5.92 Å². The minimum Gasteiger partial charge on any atom is -0.395 e. The van der Waals surface area contributed by atoms with Gasteiger partial charge in [0, 0.05) is 12.1 Å². The summed E-state index contributed by atoms with van der Waals surface area (Å²) >= 11 is 0. The smallest absolute Gasteiger partial charge is 0.391 e. The van der Waals surface area contributed by atoms with Gasteiger partial charge in [-0.2, -0.15) is 13.2 Å². The quantitative estimate of drug-likeness (QED) is 0.790. The van der Waals surface area contributed by atoms with Crippen LogP contribution in [-0.4, -0.2) is 30.0 Å². The molecule has 0 saturated heterocycles. The van der Waals surface area contributed by atoms with E-state index in [1.165, 1.54) is 0 Å². The number of nitrogens with one attached hydrogen (secondary N) is 1. The van der Waals surface area contributed by atoms with Gasteiger partial charge in [0.15, 0.2) is 0 Å². The molecule has 0 radical (unpaired) electrons. The lowest BCUT2D eigenvalue weighted by atomic mass is 9.85. The Balaban J connectivity index is 2.44. The van der Waals surface area contributed by atoms with Crippen LogP contribution in [0.3, 0.4) is 0 Å². The first-order valence-electron chi connectivity index (χ1n) is 5.91. The molecule has 1 saturated carbocycles. The molecule has 3 atom stereocenters. The van der Waals surface area contributed by atoms with E-state index < -0.39 is 12.1 Å². The minimum absolute atomic E-state index is 0.0102. The van der Waals surface area contributed by atoms with Crippen LogP contribution in [0.25, 0.3) is 0 Å². The molecule has 0 aromatic carbocycles. The van der Waals surface area contributed by atoms with Crippen molar-refractivity contribution in [2.24, 2.45) is 5.92 Å². The largest absolute Gasteiger partial charge is 0.395 e. The van der Waals surface area contributed by atoms with Crippen LogP contribution in [-0.2, 0) is 0 Å². The molecule has 0 heterocycles. The highest BCUT2D eigenvalue weighted by molar-refractivity contribution is 4.83. The molecule has 1 aliphatic carbocycles. The van der Waals surface area contributed by atoms with Crippen molar-refractivity contribution in [1.82, 2.24) is 5.32 Å². The first kappa shape index (κ1) is 13.8. The van der Waals surface area contributed by atoms with Crippen molar-refractivity contribution < 1.29 is 18.3 Å². The van der Waals surface area contributed by atoms with Crippen molar-refractivity contribution in [3.63, 3.8) is 0 Å². The first-order chi connectivity index (χ1) is 7.47. The third kappa shape index (κ3) is 3.94. The van der Waals surface area contributed by atoms with Crippen LogP contribution in [0.15, 0.2) is 0 Å². The summed E-state index contributed by atoms with van der Waals surface area (Å²) in [6.07, 6.45) is -1.53. The van der Waals surface area contributed by atoms with E-state index in [1.54, 1.807) is 0 Å². The summed E-state index contributed by atoms with van der Waals surface area (Å²) in [6.45, 7) is 1.90. The maximum absolute atomic E-state index is 12.5. The SMILES string of the molecule is CC[C@@H](CO)NC1CCCC(C(F)(F)F)C1. The summed E-state index contributed by atoms with van der Waals surface area (Å²) in [4.78, 5) is 0. The molecule has 2 nitrogen and oxygen atoms in total. The molecule has 5 heteroatoms. The molecule has 16 heavy (non-hydrogen) atoms. The molecule has 0 aromatic heterocycles. The Bertz CT molecular complexity index is 204. The van der Waals surface area contributed by atoms with Gasteiger partial charge in [-0.3, -0.25) is 0 Å². The fraction of sp³-hybridized carbons (Fsp3) is 1.00. The molecule has 0 aromatic rings.